The minimum atomic E-state index is -2.56. The van der Waals surface area contributed by atoms with Gasteiger partial charge in [-0.15, -0.1) is 0 Å². The van der Waals surface area contributed by atoms with E-state index in [9.17, 15) is 13.6 Å². The average Bonchev–Trinajstić information content (AvgIpc) is 2.33. The van der Waals surface area contributed by atoms with Crippen LogP contribution in [0.25, 0.3) is 0 Å². The molecule has 0 unspecified atom stereocenters. The van der Waals surface area contributed by atoms with Crippen LogP contribution >= 0.6 is 0 Å². The van der Waals surface area contributed by atoms with Gasteiger partial charge >= 0.3 is 0 Å². The first-order valence-corrected chi connectivity index (χ1v) is 5.69. The molecular formula is C14H15F2NO2. The molecule has 5 heteroatoms. The second kappa shape index (κ2) is 6.86. The molecule has 0 saturated carbocycles. The Morgan fingerprint density at radius 1 is 1.42 bits per heavy atom. The van der Waals surface area contributed by atoms with Gasteiger partial charge < -0.3 is 10.0 Å². The Labute approximate surface area is 110 Å². The van der Waals surface area contributed by atoms with Gasteiger partial charge in [0.05, 0.1) is 6.54 Å². The lowest BCUT2D eigenvalue weighted by molar-refractivity contribution is 0.0620. The van der Waals surface area contributed by atoms with Crippen molar-refractivity contribution in [1.82, 2.24) is 4.90 Å². The number of carbonyl (C=O) groups is 1. The highest BCUT2D eigenvalue weighted by atomic mass is 19.3. The summed E-state index contributed by atoms with van der Waals surface area (Å²) in [6, 6.07) is 4.90. The minimum Gasteiger partial charge on any atom is -0.384 e. The highest BCUT2D eigenvalue weighted by Crippen LogP contribution is 2.12. The van der Waals surface area contributed by atoms with E-state index in [0.717, 1.165) is 10.5 Å². The van der Waals surface area contributed by atoms with Gasteiger partial charge in [0.15, 0.2) is 0 Å². The molecule has 0 aromatic heterocycles. The summed E-state index contributed by atoms with van der Waals surface area (Å²) in [5.74, 6) is 4.70. The number of benzene rings is 1. The Morgan fingerprint density at radius 2 is 2.11 bits per heavy atom. The molecule has 1 N–H and O–H groups in total. The predicted octanol–water partition coefficient (Wildman–Crippen LogP) is 1.68. The first-order chi connectivity index (χ1) is 8.93. The molecule has 0 aliphatic rings. The highest BCUT2D eigenvalue weighted by molar-refractivity contribution is 5.94. The maximum absolute atomic E-state index is 12.2. The summed E-state index contributed by atoms with van der Waals surface area (Å²) in [4.78, 5) is 12.9. The number of hydrogen-bond acceptors (Lipinski definition) is 2. The number of hydrogen-bond donors (Lipinski definition) is 1. The number of halogens is 2. The Kier molecular flexibility index (Phi) is 5.46. The van der Waals surface area contributed by atoms with E-state index in [-0.39, 0.29) is 6.61 Å². The number of alkyl halides is 2. The van der Waals surface area contributed by atoms with Crippen molar-refractivity contribution in [2.45, 2.75) is 13.3 Å². The average molecular weight is 267 g/mol. The van der Waals surface area contributed by atoms with Crippen LogP contribution in [0.2, 0.25) is 0 Å². The normalized spacial score (nSPS) is 10.0. The molecule has 102 valence electrons. The lowest BCUT2D eigenvalue weighted by Gasteiger charge is -2.17. The van der Waals surface area contributed by atoms with Crippen LogP contribution in [0.3, 0.4) is 0 Å². The number of nitrogens with zero attached hydrogens (tertiary/aromatic N) is 1. The molecule has 0 fully saturated rings. The quantitative estimate of drug-likeness (QED) is 0.846. The minimum absolute atomic E-state index is 0.275. The molecule has 3 nitrogen and oxygen atoms in total. The summed E-state index contributed by atoms with van der Waals surface area (Å²) in [5, 5.41) is 8.63. The number of amides is 1. The number of aliphatic hydroxyl groups excluding tert-OH is 1. The third-order valence-electron chi connectivity index (χ3n) is 2.39. The van der Waals surface area contributed by atoms with Crippen LogP contribution in [0.4, 0.5) is 8.78 Å². The van der Waals surface area contributed by atoms with E-state index in [1.165, 1.54) is 13.1 Å². The van der Waals surface area contributed by atoms with Crippen molar-refractivity contribution in [2.75, 3.05) is 20.2 Å². The molecule has 0 atom stereocenters. The fraction of sp³-hybridized carbons (Fsp3) is 0.357. The third kappa shape index (κ3) is 4.68. The van der Waals surface area contributed by atoms with Crippen LogP contribution in [0.1, 0.15) is 21.5 Å². The van der Waals surface area contributed by atoms with Crippen molar-refractivity contribution in [3.63, 3.8) is 0 Å². The molecule has 1 rings (SSSR count). The van der Waals surface area contributed by atoms with E-state index in [2.05, 4.69) is 11.8 Å². The molecule has 0 heterocycles. The van der Waals surface area contributed by atoms with Crippen molar-refractivity contribution in [3.8, 4) is 11.8 Å². The topological polar surface area (TPSA) is 40.5 Å². The van der Waals surface area contributed by atoms with Gasteiger partial charge in [-0.1, -0.05) is 11.8 Å². The van der Waals surface area contributed by atoms with Crippen molar-refractivity contribution in [1.29, 1.82) is 0 Å². The zero-order valence-corrected chi connectivity index (χ0v) is 10.8. The molecule has 0 spiro atoms. The molecule has 19 heavy (non-hydrogen) atoms. The standard InChI is InChI=1S/C14H15F2NO2/c1-10-6-11(4-3-5-18)8-12(7-10)14(19)17(2)9-13(15)16/h6-8,13,18H,5,9H2,1-2H3. The van der Waals surface area contributed by atoms with E-state index < -0.39 is 18.9 Å². The van der Waals surface area contributed by atoms with Crippen molar-refractivity contribution in [2.24, 2.45) is 0 Å². The van der Waals surface area contributed by atoms with Gasteiger partial charge in [-0.2, -0.15) is 0 Å². The van der Waals surface area contributed by atoms with E-state index in [1.54, 1.807) is 19.1 Å². The SMILES string of the molecule is Cc1cc(C#CCO)cc(C(=O)N(C)CC(F)F)c1. The van der Waals surface area contributed by atoms with Crippen LogP contribution in [0.5, 0.6) is 0 Å². The van der Waals surface area contributed by atoms with Crippen LogP contribution in [-0.4, -0.2) is 42.5 Å². The van der Waals surface area contributed by atoms with Crippen LogP contribution in [-0.2, 0) is 0 Å². The second-order valence-corrected chi connectivity index (χ2v) is 4.12. The molecule has 0 aliphatic carbocycles. The monoisotopic (exact) mass is 267 g/mol. The summed E-state index contributed by atoms with van der Waals surface area (Å²) in [5.41, 5.74) is 1.69. The number of aliphatic hydroxyl groups is 1. The molecule has 0 aliphatic heterocycles. The van der Waals surface area contributed by atoms with Gasteiger partial charge in [0.25, 0.3) is 12.3 Å². The Bertz CT molecular complexity index is 518. The van der Waals surface area contributed by atoms with Gasteiger partial charge in [-0.05, 0) is 30.7 Å². The van der Waals surface area contributed by atoms with E-state index in [1.807, 2.05) is 0 Å². The number of carbonyl (C=O) groups excluding carboxylic acids is 1. The Hall–Kier alpha value is -1.93. The fourth-order valence-corrected chi connectivity index (χ4v) is 1.63. The summed E-state index contributed by atoms with van der Waals surface area (Å²) in [7, 11) is 1.33. The summed E-state index contributed by atoms with van der Waals surface area (Å²) >= 11 is 0. The summed E-state index contributed by atoms with van der Waals surface area (Å²) in [6.45, 7) is 0.904. The molecule has 0 radical (unpaired) electrons. The van der Waals surface area contributed by atoms with E-state index in [0.29, 0.717) is 11.1 Å². The molecular weight excluding hydrogens is 252 g/mol. The van der Waals surface area contributed by atoms with Crippen LogP contribution in [0.15, 0.2) is 18.2 Å². The van der Waals surface area contributed by atoms with Gasteiger partial charge in [0.1, 0.15) is 6.61 Å². The van der Waals surface area contributed by atoms with E-state index >= 15 is 0 Å². The highest BCUT2D eigenvalue weighted by Gasteiger charge is 2.16. The van der Waals surface area contributed by atoms with Gasteiger partial charge in [-0.3, -0.25) is 4.79 Å². The summed E-state index contributed by atoms with van der Waals surface area (Å²) in [6.07, 6.45) is -2.56. The number of rotatable bonds is 3. The smallest absolute Gasteiger partial charge is 0.255 e. The lowest BCUT2D eigenvalue weighted by atomic mass is 10.1. The van der Waals surface area contributed by atoms with Crippen LogP contribution < -0.4 is 0 Å². The van der Waals surface area contributed by atoms with Gasteiger partial charge in [0.2, 0.25) is 0 Å². The lowest BCUT2D eigenvalue weighted by Crippen LogP contribution is -2.31. The van der Waals surface area contributed by atoms with Crippen molar-refractivity contribution >= 4 is 5.91 Å². The van der Waals surface area contributed by atoms with Crippen molar-refractivity contribution in [3.05, 3.63) is 34.9 Å². The maximum atomic E-state index is 12.2. The van der Waals surface area contributed by atoms with E-state index in [4.69, 9.17) is 5.11 Å². The second-order valence-electron chi connectivity index (χ2n) is 4.12. The summed E-state index contributed by atoms with van der Waals surface area (Å²) < 4.78 is 24.5. The first kappa shape index (κ1) is 15.1. The van der Waals surface area contributed by atoms with Gasteiger partial charge in [0, 0.05) is 18.2 Å². The first-order valence-electron chi connectivity index (χ1n) is 5.69. The number of aryl methyl sites for hydroxylation is 1. The largest absolute Gasteiger partial charge is 0.384 e. The molecule has 1 aromatic carbocycles. The predicted molar refractivity (Wildman–Crippen MR) is 68.1 cm³/mol. The zero-order valence-electron chi connectivity index (χ0n) is 10.8. The fourth-order valence-electron chi connectivity index (χ4n) is 1.63. The van der Waals surface area contributed by atoms with Gasteiger partial charge in [-0.25, -0.2) is 8.78 Å². The zero-order chi connectivity index (χ0) is 14.4. The Morgan fingerprint density at radius 3 is 2.68 bits per heavy atom. The Balaban J connectivity index is 3.00. The molecule has 0 saturated heterocycles. The molecule has 1 amide bonds. The molecule has 1 aromatic rings. The van der Waals surface area contributed by atoms with Crippen molar-refractivity contribution < 1.29 is 18.7 Å². The maximum Gasteiger partial charge on any atom is 0.255 e. The third-order valence-corrected chi connectivity index (χ3v) is 2.39. The van der Waals surface area contributed by atoms with Crippen LogP contribution in [0, 0.1) is 18.8 Å². The molecule has 0 bridgehead atoms.